The first-order valence-electron chi connectivity index (χ1n) is 6.43. The van der Waals surface area contributed by atoms with Gasteiger partial charge in [-0.3, -0.25) is 0 Å². The van der Waals surface area contributed by atoms with Gasteiger partial charge in [-0.1, -0.05) is 20.8 Å². The summed E-state index contributed by atoms with van der Waals surface area (Å²) in [6.45, 7) is 15.0. The third-order valence-electron chi connectivity index (χ3n) is 2.17. The highest BCUT2D eigenvalue weighted by Crippen LogP contribution is 2.20. The van der Waals surface area contributed by atoms with Crippen LogP contribution in [0.15, 0.2) is 16.5 Å². The molecule has 1 aromatic rings. The molecule has 0 aromatic carbocycles. The molecule has 0 aliphatic carbocycles. The second-order valence-electron chi connectivity index (χ2n) is 6.87. The van der Waals surface area contributed by atoms with Crippen LogP contribution < -0.4 is 29.2 Å². The van der Waals surface area contributed by atoms with Crippen LogP contribution in [0.1, 0.15) is 52.9 Å². The number of aryl methyl sites for hydroxylation is 1. The molecule has 0 atom stereocenters. The fraction of sp³-hybridized carbons (Fsp3) is 0.643. The van der Waals surface area contributed by atoms with Gasteiger partial charge in [0.2, 0.25) is 0 Å². The highest BCUT2D eigenvalue weighted by molar-refractivity contribution is 5.16. The van der Waals surface area contributed by atoms with E-state index in [9.17, 15) is 0 Å². The summed E-state index contributed by atoms with van der Waals surface area (Å²) in [5.74, 6) is 1.01. The molecule has 1 rings (SSSR count). The molecule has 7 heteroatoms. The summed E-state index contributed by atoms with van der Waals surface area (Å²) in [6, 6.07) is 4.15. The Morgan fingerprint density at radius 1 is 0.952 bits per heavy atom. The topological polar surface area (TPSA) is 119 Å². The zero-order valence-corrected chi connectivity index (χ0v) is 14.3. The number of nitrogens with one attached hydrogen (secondary N) is 1. The van der Waals surface area contributed by atoms with E-state index >= 15 is 0 Å². The summed E-state index contributed by atoms with van der Waals surface area (Å²) >= 11 is 0. The minimum Gasteiger partial charge on any atom is -0.409 e. The maximum absolute atomic E-state index is 8.49. The molecule has 0 bridgehead atoms. The molecule has 0 unspecified atom stereocenters. The first kappa shape index (κ1) is 20.1. The minimum absolute atomic E-state index is 0.0203. The fourth-order valence-electron chi connectivity index (χ4n) is 1.43. The van der Waals surface area contributed by atoms with Gasteiger partial charge >= 0.3 is 5.55 Å². The van der Waals surface area contributed by atoms with Gasteiger partial charge < -0.3 is 4.42 Å². The molecule has 0 amide bonds. The summed E-state index contributed by atoms with van der Waals surface area (Å²) in [5, 5.41) is 0. The lowest BCUT2D eigenvalue weighted by Gasteiger charge is -2.17. The third kappa shape index (κ3) is 11.4. The number of hydrogen-bond donors (Lipinski definition) is 1. The van der Waals surface area contributed by atoms with Crippen molar-refractivity contribution in [2.45, 2.75) is 59.4 Å². The molecule has 0 spiro atoms. The molecule has 6 nitrogen and oxygen atoms in total. The van der Waals surface area contributed by atoms with Crippen molar-refractivity contribution in [2.75, 3.05) is 0 Å². The second-order valence-corrected chi connectivity index (χ2v) is 7.62. The van der Waals surface area contributed by atoms with Crippen LogP contribution >= 0.6 is 0 Å². The van der Waals surface area contributed by atoms with E-state index in [1.165, 1.54) is 5.56 Å². The van der Waals surface area contributed by atoms with Crippen molar-refractivity contribution >= 4 is 0 Å². The van der Waals surface area contributed by atoms with Gasteiger partial charge in [-0.25, -0.2) is 23.6 Å². The minimum atomic E-state index is -4.94. The normalized spacial score (nSPS) is 13.8. The molecule has 0 aliphatic heterocycles. The Morgan fingerprint density at radius 2 is 1.38 bits per heavy atom. The molecular formula is C14H24ClNO5. The quantitative estimate of drug-likeness (QED) is 0.543. The van der Waals surface area contributed by atoms with Crippen molar-refractivity contribution in [2.24, 2.45) is 0 Å². The lowest BCUT2D eigenvalue weighted by Crippen LogP contribution is -2.87. The molecule has 0 saturated carbocycles. The van der Waals surface area contributed by atoms with Gasteiger partial charge in [-0.2, -0.15) is 0 Å². The van der Waals surface area contributed by atoms with Crippen LogP contribution in [0.3, 0.4) is 0 Å². The van der Waals surface area contributed by atoms with Gasteiger partial charge in [0, 0.05) is 5.41 Å². The number of halogens is 1. The van der Waals surface area contributed by atoms with Crippen molar-refractivity contribution in [3.05, 3.63) is 29.0 Å². The summed E-state index contributed by atoms with van der Waals surface area (Å²) in [7, 11) is -4.94. The average molecular weight is 322 g/mol. The van der Waals surface area contributed by atoms with E-state index in [2.05, 4.69) is 59.5 Å². The molecule has 0 aliphatic rings. The van der Waals surface area contributed by atoms with Gasteiger partial charge in [-0.15, -0.1) is 10.2 Å². The van der Waals surface area contributed by atoms with Crippen molar-refractivity contribution in [1.29, 1.82) is 0 Å². The second kappa shape index (κ2) is 6.89. The summed E-state index contributed by atoms with van der Waals surface area (Å²) < 4.78 is 39.9. The molecule has 1 aromatic heterocycles. The van der Waals surface area contributed by atoms with Crippen molar-refractivity contribution < 1.29 is 38.3 Å². The molecular weight excluding hydrogens is 298 g/mol. The smallest absolute Gasteiger partial charge is 0.366 e. The molecule has 0 saturated heterocycles. The van der Waals surface area contributed by atoms with Crippen LogP contribution in [0.2, 0.25) is 0 Å². The highest BCUT2D eigenvalue weighted by Gasteiger charge is 2.19. The Kier molecular flexibility index (Phi) is 6.59. The van der Waals surface area contributed by atoms with Gasteiger partial charge in [-0.05, 0) is 39.3 Å². The predicted molar refractivity (Wildman–Crippen MR) is 66.0 cm³/mol. The van der Waals surface area contributed by atoms with Crippen LogP contribution in [-0.4, -0.2) is 5.54 Å². The monoisotopic (exact) mass is 321 g/mol. The maximum atomic E-state index is 8.49. The Hall–Kier alpha value is -0.920. The van der Waals surface area contributed by atoms with Gasteiger partial charge in [0.05, 0.1) is 6.07 Å². The summed E-state index contributed by atoms with van der Waals surface area (Å²) in [6.07, 6.45) is 0. The van der Waals surface area contributed by atoms with E-state index in [0.717, 1.165) is 11.3 Å². The number of rotatable bonds is 0. The van der Waals surface area contributed by atoms with Crippen molar-refractivity contribution in [3.63, 3.8) is 0 Å². The summed E-state index contributed by atoms with van der Waals surface area (Å²) in [4.78, 5) is 3.37. The predicted octanol–water partition coefficient (Wildman–Crippen LogP) is -3.09. The van der Waals surface area contributed by atoms with E-state index in [1.54, 1.807) is 0 Å². The molecule has 21 heavy (non-hydrogen) atoms. The molecule has 0 radical (unpaired) electrons. The highest BCUT2D eigenvalue weighted by atomic mass is 35.7. The van der Waals surface area contributed by atoms with Gasteiger partial charge in [0.1, 0.15) is 5.76 Å². The molecule has 0 fully saturated rings. The molecule has 122 valence electrons. The first-order valence-corrected chi connectivity index (χ1v) is 7.66. The van der Waals surface area contributed by atoms with E-state index < -0.39 is 10.2 Å². The van der Waals surface area contributed by atoms with Gasteiger partial charge in [0.25, 0.3) is 0 Å². The SMILES string of the molecule is Cc1cc(C(C)(C)C)oc(=[NH+]C(C)(C)C)c1.[O-][Cl+3]([O-])([O-])[O-]. The van der Waals surface area contributed by atoms with Crippen molar-refractivity contribution in [3.8, 4) is 0 Å². The zero-order chi connectivity index (χ0) is 17.1. The lowest BCUT2D eigenvalue weighted by molar-refractivity contribution is -2.00. The lowest BCUT2D eigenvalue weighted by atomic mass is 9.92. The summed E-state index contributed by atoms with van der Waals surface area (Å²) in [5.41, 5.74) is 2.13. The van der Waals surface area contributed by atoms with Crippen LogP contribution in [0, 0.1) is 17.2 Å². The van der Waals surface area contributed by atoms with Crippen LogP contribution in [0.5, 0.6) is 0 Å². The van der Waals surface area contributed by atoms with E-state index in [1.807, 2.05) is 6.07 Å². The molecule has 1 heterocycles. The first-order chi connectivity index (χ1) is 9.08. The Morgan fingerprint density at radius 3 is 1.71 bits per heavy atom. The number of hydrogen-bond acceptors (Lipinski definition) is 5. The standard InChI is InChI=1S/C14H23NO.ClHO4/c1-10-8-11(13(2,3)4)16-12(9-10)15-14(5,6)7;2-1(3,4)5/h8-9H,1-7H3;(H,2,3,4,5). The van der Waals surface area contributed by atoms with E-state index in [0.29, 0.717) is 0 Å². The Balaban J connectivity index is 0.000000690. The van der Waals surface area contributed by atoms with E-state index in [-0.39, 0.29) is 11.0 Å². The largest absolute Gasteiger partial charge is 0.409 e. The Labute approximate surface area is 127 Å². The van der Waals surface area contributed by atoms with Crippen LogP contribution in [0.25, 0.3) is 0 Å². The average Bonchev–Trinajstić information content (AvgIpc) is 2.08. The van der Waals surface area contributed by atoms with Gasteiger partial charge in [0.15, 0.2) is 5.54 Å². The molecule has 1 N–H and O–H groups in total. The fourth-order valence-corrected chi connectivity index (χ4v) is 1.43. The third-order valence-corrected chi connectivity index (χ3v) is 2.17. The maximum Gasteiger partial charge on any atom is 0.366 e. The van der Waals surface area contributed by atoms with Crippen LogP contribution in [-0.2, 0) is 5.41 Å². The Bertz CT molecular complexity index is 512. The van der Waals surface area contributed by atoms with Crippen LogP contribution in [0.4, 0.5) is 0 Å². The van der Waals surface area contributed by atoms with E-state index in [4.69, 9.17) is 23.1 Å². The van der Waals surface area contributed by atoms with Crippen molar-refractivity contribution in [1.82, 2.24) is 0 Å². The zero-order valence-electron chi connectivity index (χ0n) is 13.6.